The molecule has 0 aliphatic carbocycles. The molecule has 3 rings (SSSR count). The number of halogens is 3. The molecule has 0 spiro atoms. The lowest BCUT2D eigenvalue weighted by Gasteiger charge is -2.32. The molecule has 12 heteroatoms. The number of likely N-dealkylation sites (tertiary alicyclic amines) is 1. The highest BCUT2D eigenvalue weighted by atomic mass is 32.2. The number of pyridine rings is 1. The summed E-state index contributed by atoms with van der Waals surface area (Å²) in [6, 6.07) is 5.15. The molecule has 1 saturated heterocycles. The third-order valence-electron chi connectivity index (χ3n) is 4.34. The maximum Gasteiger partial charge on any atom is 0.417 e. The molecule has 1 aliphatic heterocycles. The number of rotatable bonds is 6. The summed E-state index contributed by atoms with van der Waals surface area (Å²) in [5, 5.41) is 2.03. The van der Waals surface area contributed by atoms with Crippen LogP contribution in [0.25, 0.3) is 0 Å². The zero-order chi connectivity index (χ0) is 21.1. The van der Waals surface area contributed by atoms with Gasteiger partial charge in [-0.3, -0.25) is 4.79 Å². The smallest absolute Gasteiger partial charge is 0.342 e. The van der Waals surface area contributed by atoms with Crippen LogP contribution in [-0.2, 0) is 21.0 Å². The summed E-state index contributed by atoms with van der Waals surface area (Å²) in [5.74, 6) is -0.0968. The van der Waals surface area contributed by atoms with Gasteiger partial charge in [0, 0.05) is 25.3 Å². The van der Waals surface area contributed by atoms with Gasteiger partial charge in [-0.1, -0.05) is 17.8 Å². The van der Waals surface area contributed by atoms with Crippen molar-refractivity contribution in [3.05, 3.63) is 41.4 Å². The summed E-state index contributed by atoms with van der Waals surface area (Å²) in [6.07, 6.45) is -2.70. The van der Waals surface area contributed by atoms with Crippen LogP contribution in [0.4, 0.5) is 13.2 Å². The second-order valence-corrected chi connectivity index (χ2v) is 10.3. The number of nitrogens with zero attached hydrogens (tertiary/aromatic N) is 2. The number of alkyl halides is 3. The van der Waals surface area contributed by atoms with Crippen LogP contribution >= 0.6 is 23.1 Å². The molecule has 158 valence electrons. The van der Waals surface area contributed by atoms with Crippen molar-refractivity contribution in [1.82, 2.24) is 14.6 Å². The Bertz CT molecular complexity index is 924. The van der Waals surface area contributed by atoms with Crippen molar-refractivity contribution < 1.29 is 26.4 Å². The quantitative estimate of drug-likeness (QED) is 0.663. The van der Waals surface area contributed by atoms with Crippen LogP contribution in [0.3, 0.4) is 0 Å². The summed E-state index contributed by atoms with van der Waals surface area (Å²) >= 11 is 2.22. The Balaban J connectivity index is 1.45. The highest BCUT2D eigenvalue weighted by Gasteiger charge is 2.31. The van der Waals surface area contributed by atoms with Crippen LogP contribution in [0.1, 0.15) is 18.4 Å². The van der Waals surface area contributed by atoms with Crippen LogP contribution in [-0.4, -0.2) is 49.1 Å². The van der Waals surface area contributed by atoms with E-state index >= 15 is 0 Å². The van der Waals surface area contributed by atoms with E-state index in [4.69, 9.17) is 0 Å². The summed E-state index contributed by atoms with van der Waals surface area (Å²) in [6.45, 7) is 0.828. The second kappa shape index (κ2) is 9.02. The number of nitrogens with one attached hydrogen (secondary N) is 1. The molecule has 0 aromatic carbocycles. The number of amides is 1. The first-order chi connectivity index (χ1) is 13.6. The van der Waals surface area contributed by atoms with Gasteiger partial charge < -0.3 is 4.90 Å². The first-order valence-electron chi connectivity index (χ1n) is 8.65. The first-order valence-corrected chi connectivity index (χ1v) is 12.0. The highest BCUT2D eigenvalue weighted by Crippen LogP contribution is 2.29. The summed E-state index contributed by atoms with van der Waals surface area (Å²) < 4.78 is 65.1. The van der Waals surface area contributed by atoms with Gasteiger partial charge in [0.15, 0.2) is 0 Å². The predicted octanol–water partition coefficient (Wildman–Crippen LogP) is 3.22. The maximum absolute atomic E-state index is 12.5. The zero-order valence-corrected chi connectivity index (χ0v) is 17.5. The lowest BCUT2D eigenvalue weighted by atomic mass is 10.1. The molecule has 0 saturated carbocycles. The van der Waals surface area contributed by atoms with E-state index in [2.05, 4.69) is 9.71 Å². The summed E-state index contributed by atoms with van der Waals surface area (Å²) in [4.78, 5) is 17.7. The van der Waals surface area contributed by atoms with Crippen molar-refractivity contribution >= 4 is 39.0 Å². The van der Waals surface area contributed by atoms with Gasteiger partial charge in [-0.05, 0) is 36.4 Å². The molecule has 2 aromatic rings. The predicted molar refractivity (Wildman–Crippen MR) is 104 cm³/mol. The molecule has 2 aromatic heterocycles. The number of carbonyl (C=O) groups excluding carboxylic acids is 1. The van der Waals surface area contributed by atoms with Crippen LogP contribution < -0.4 is 4.72 Å². The van der Waals surface area contributed by atoms with E-state index in [-0.39, 0.29) is 21.9 Å². The molecule has 3 heterocycles. The van der Waals surface area contributed by atoms with Crippen molar-refractivity contribution in [2.24, 2.45) is 0 Å². The van der Waals surface area contributed by atoms with Crippen molar-refractivity contribution in [3.8, 4) is 0 Å². The normalized spacial score (nSPS) is 16.2. The molecule has 0 bridgehead atoms. The molecule has 1 N–H and O–H groups in total. The number of thiophene rings is 1. The van der Waals surface area contributed by atoms with Gasteiger partial charge in [0.05, 0.1) is 16.3 Å². The average molecular weight is 466 g/mol. The molecule has 0 unspecified atom stereocenters. The molecule has 1 fully saturated rings. The van der Waals surface area contributed by atoms with Crippen molar-refractivity contribution in [1.29, 1.82) is 0 Å². The molecule has 1 aliphatic rings. The topological polar surface area (TPSA) is 79.4 Å². The number of carbonyl (C=O) groups is 1. The molecular formula is C17H18F3N3O3S3. The molecule has 0 radical (unpaired) electrons. The molecule has 0 atom stereocenters. The Morgan fingerprint density at radius 1 is 1.28 bits per heavy atom. The highest BCUT2D eigenvalue weighted by molar-refractivity contribution is 7.99. The third-order valence-corrected chi connectivity index (χ3v) is 8.18. The number of thioether (sulfide) groups is 1. The molecule has 29 heavy (non-hydrogen) atoms. The Morgan fingerprint density at radius 3 is 2.55 bits per heavy atom. The standard InChI is InChI=1S/C17H18F3N3O3S3/c18-17(19,20)12-3-4-14(21-10-12)28-11-15(24)23-7-5-13(6-8-23)22-29(25,26)16-2-1-9-27-16/h1-4,9-10,13,22H,5-8,11H2. The van der Waals surface area contributed by atoms with Crippen LogP contribution in [0.5, 0.6) is 0 Å². The lowest BCUT2D eigenvalue weighted by molar-refractivity contribution is -0.138. The minimum Gasteiger partial charge on any atom is -0.342 e. The maximum atomic E-state index is 12.5. The number of hydrogen-bond donors (Lipinski definition) is 1. The number of piperidine rings is 1. The minimum absolute atomic E-state index is 0.0595. The van der Waals surface area contributed by atoms with E-state index in [0.29, 0.717) is 31.0 Å². The fourth-order valence-electron chi connectivity index (χ4n) is 2.80. The lowest BCUT2D eigenvalue weighted by Crippen LogP contribution is -2.46. The first kappa shape index (κ1) is 22.1. The SMILES string of the molecule is O=C(CSc1ccc(C(F)(F)F)cn1)N1CCC(NS(=O)(=O)c2cccs2)CC1. The van der Waals surface area contributed by atoms with Crippen LogP contribution in [0.15, 0.2) is 45.1 Å². The third kappa shape index (κ3) is 5.93. The average Bonchev–Trinajstić information content (AvgIpc) is 3.22. The number of hydrogen-bond acceptors (Lipinski definition) is 6. The van der Waals surface area contributed by atoms with Crippen LogP contribution in [0.2, 0.25) is 0 Å². The van der Waals surface area contributed by atoms with Gasteiger partial charge in [-0.2, -0.15) is 13.2 Å². The van der Waals surface area contributed by atoms with Crippen LogP contribution in [0, 0.1) is 0 Å². The van der Waals surface area contributed by atoms with Crippen molar-refractivity contribution in [2.45, 2.75) is 34.3 Å². The summed E-state index contributed by atoms with van der Waals surface area (Å²) in [5.41, 5.74) is -0.833. The van der Waals surface area contributed by atoms with E-state index in [0.717, 1.165) is 35.4 Å². The molecule has 1 amide bonds. The van der Waals surface area contributed by atoms with E-state index in [1.54, 1.807) is 16.3 Å². The zero-order valence-electron chi connectivity index (χ0n) is 15.1. The Hall–Kier alpha value is -1.63. The van der Waals surface area contributed by atoms with Gasteiger partial charge in [-0.15, -0.1) is 11.3 Å². The van der Waals surface area contributed by atoms with Crippen molar-refractivity contribution in [3.63, 3.8) is 0 Å². The van der Waals surface area contributed by atoms with Gasteiger partial charge in [0.25, 0.3) is 0 Å². The fourth-order valence-corrected chi connectivity index (χ4v) is 5.86. The Morgan fingerprint density at radius 2 is 2.00 bits per heavy atom. The Kier molecular flexibility index (Phi) is 6.87. The largest absolute Gasteiger partial charge is 0.417 e. The van der Waals surface area contributed by atoms with Gasteiger partial charge in [0.1, 0.15) is 4.21 Å². The number of sulfonamides is 1. The van der Waals surface area contributed by atoms with Gasteiger partial charge in [0.2, 0.25) is 15.9 Å². The van der Waals surface area contributed by atoms with Gasteiger partial charge >= 0.3 is 6.18 Å². The molecular weight excluding hydrogens is 447 g/mol. The van der Waals surface area contributed by atoms with Crippen molar-refractivity contribution in [2.75, 3.05) is 18.8 Å². The minimum atomic E-state index is -4.44. The molecule has 6 nitrogen and oxygen atoms in total. The fraction of sp³-hybridized carbons (Fsp3) is 0.412. The van der Waals surface area contributed by atoms with Gasteiger partial charge in [-0.25, -0.2) is 18.1 Å². The number of aromatic nitrogens is 1. The monoisotopic (exact) mass is 465 g/mol. The summed E-state index contributed by atoms with van der Waals surface area (Å²) in [7, 11) is -3.54. The van der Waals surface area contributed by atoms with E-state index in [1.165, 1.54) is 12.1 Å². The van der Waals surface area contributed by atoms with E-state index in [9.17, 15) is 26.4 Å². The van der Waals surface area contributed by atoms with E-state index < -0.39 is 21.8 Å². The van der Waals surface area contributed by atoms with E-state index in [1.807, 2.05) is 0 Å². The Labute approximate surface area is 174 Å². The second-order valence-electron chi connectivity index (χ2n) is 6.38.